The molecule has 2 heterocycles. The van der Waals surface area contributed by atoms with E-state index in [4.69, 9.17) is 4.52 Å². The molecule has 0 amide bonds. The van der Waals surface area contributed by atoms with Crippen molar-refractivity contribution in [3.63, 3.8) is 0 Å². The predicted molar refractivity (Wildman–Crippen MR) is 77.5 cm³/mol. The zero-order chi connectivity index (χ0) is 14.7. The fraction of sp³-hybridized carbons (Fsp3) is 0.643. The van der Waals surface area contributed by atoms with E-state index in [0.29, 0.717) is 17.9 Å². The summed E-state index contributed by atoms with van der Waals surface area (Å²) in [5.74, 6) is 1.65. The van der Waals surface area contributed by atoms with Crippen molar-refractivity contribution in [3.05, 3.63) is 17.6 Å². The number of aromatic nitrogens is 4. The molecule has 6 heteroatoms. The van der Waals surface area contributed by atoms with Crippen LogP contribution in [0.1, 0.15) is 45.1 Å². The van der Waals surface area contributed by atoms with Gasteiger partial charge in [0.15, 0.2) is 5.82 Å². The van der Waals surface area contributed by atoms with Gasteiger partial charge in [-0.2, -0.15) is 10.1 Å². The van der Waals surface area contributed by atoms with Gasteiger partial charge >= 0.3 is 0 Å². The smallest absolute Gasteiger partial charge is 0.276 e. The molecule has 0 saturated heterocycles. The van der Waals surface area contributed by atoms with Gasteiger partial charge in [0.2, 0.25) is 0 Å². The molecule has 0 aliphatic rings. The quantitative estimate of drug-likeness (QED) is 0.877. The van der Waals surface area contributed by atoms with Gasteiger partial charge in [0.1, 0.15) is 5.69 Å². The zero-order valence-electron chi connectivity index (χ0n) is 12.8. The lowest BCUT2D eigenvalue weighted by Crippen LogP contribution is -2.24. The van der Waals surface area contributed by atoms with E-state index in [9.17, 15) is 0 Å². The molecule has 20 heavy (non-hydrogen) atoms. The molecule has 0 bridgehead atoms. The summed E-state index contributed by atoms with van der Waals surface area (Å²) < 4.78 is 7.29. The highest BCUT2D eigenvalue weighted by molar-refractivity contribution is 5.48. The lowest BCUT2D eigenvalue weighted by atomic mass is 10.1. The molecular formula is C14H23N5O. The van der Waals surface area contributed by atoms with Gasteiger partial charge < -0.3 is 9.84 Å². The van der Waals surface area contributed by atoms with Gasteiger partial charge in [-0.15, -0.1) is 0 Å². The molecule has 2 rings (SSSR count). The second-order valence-corrected chi connectivity index (χ2v) is 5.33. The molecule has 110 valence electrons. The Labute approximate surface area is 119 Å². The molecule has 2 aromatic heterocycles. The van der Waals surface area contributed by atoms with Gasteiger partial charge in [-0.3, -0.25) is 4.68 Å². The summed E-state index contributed by atoms with van der Waals surface area (Å²) in [6, 6.07) is 2.36. The highest BCUT2D eigenvalue weighted by Crippen LogP contribution is 2.22. The first kappa shape index (κ1) is 14.7. The van der Waals surface area contributed by atoms with Crippen LogP contribution in [0.4, 0.5) is 0 Å². The summed E-state index contributed by atoms with van der Waals surface area (Å²) in [6.07, 6.45) is 0.747. The Balaban J connectivity index is 2.27. The number of likely N-dealkylation sites (N-methyl/N-ethyl adjacent to an activating group) is 1. The Morgan fingerprint density at radius 1 is 1.35 bits per heavy atom. The summed E-state index contributed by atoms with van der Waals surface area (Å²) in [4.78, 5) is 4.47. The van der Waals surface area contributed by atoms with E-state index in [1.54, 1.807) is 0 Å². The molecule has 2 aromatic rings. The van der Waals surface area contributed by atoms with Crippen molar-refractivity contribution in [3.8, 4) is 11.6 Å². The first-order valence-corrected chi connectivity index (χ1v) is 7.13. The van der Waals surface area contributed by atoms with Crippen molar-refractivity contribution in [1.29, 1.82) is 0 Å². The molecule has 0 spiro atoms. The summed E-state index contributed by atoms with van der Waals surface area (Å²) in [5.41, 5.74) is 1.94. The largest absolute Gasteiger partial charge is 0.332 e. The van der Waals surface area contributed by atoms with Crippen LogP contribution >= 0.6 is 0 Å². The van der Waals surface area contributed by atoms with Crippen LogP contribution in [0.2, 0.25) is 0 Å². The Kier molecular flexibility index (Phi) is 4.54. The van der Waals surface area contributed by atoms with E-state index in [1.165, 1.54) is 0 Å². The first-order chi connectivity index (χ1) is 9.55. The highest BCUT2D eigenvalue weighted by Gasteiger charge is 2.17. The predicted octanol–water partition coefficient (Wildman–Crippen LogP) is 2.23. The first-order valence-electron chi connectivity index (χ1n) is 7.13. The van der Waals surface area contributed by atoms with Crippen molar-refractivity contribution in [2.24, 2.45) is 0 Å². The average Bonchev–Trinajstić information content (AvgIpc) is 3.04. The molecule has 1 atom stereocenters. The minimum absolute atomic E-state index is 0.322. The average molecular weight is 277 g/mol. The van der Waals surface area contributed by atoms with Crippen LogP contribution in [0.15, 0.2) is 10.6 Å². The number of nitrogens with zero attached hydrogens (tertiary/aromatic N) is 4. The maximum atomic E-state index is 5.38. The Morgan fingerprint density at radius 2 is 2.10 bits per heavy atom. The molecular weight excluding hydrogens is 254 g/mol. The zero-order valence-corrected chi connectivity index (χ0v) is 12.8. The van der Waals surface area contributed by atoms with Crippen LogP contribution < -0.4 is 5.32 Å². The maximum Gasteiger partial charge on any atom is 0.276 e. The summed E-state index contributed by atoms with van der Waals surface area (Å²) >= 11 is 0. The van der Waals surface area contributed by atoms with Gasteiger partial charge in [-0.25, -0.2) is 0 Å². The van der Waals surface area contributed by atoms with Crippen molar-refractivity contribution < 1.29 is 4.52 Å². The third kappa shape index (κ3) is 3.07. The number of rotatable bonds is 6. The van der Waals surface area contributed by atoms with Gasteiger partial charge in [-0.05, 0) is 32.9 Å². The fourth-order valence-corrected chi connectivity index (χ4v) is 1.95. The second kappa shape index (κ2) is 6.17. The van der Waals surface area contributed by atoms with Crippen LogP contribution in [0.25, 0.3) is 11.6 Å². The van der Waals surface area contributed by atoms with E-state index < -0.39 is 0 Å². The van der Waals surface area contributed by atoms with E-state index in [-0.39, 0.29) is 0 Å². The van der Waals surface area contributed by atoms with Crippen LogP contribution in [0.5, 0.6) is 0 Å². The standard InChI is InChI=1S/C14H23N5O/c1-6-19-12(8-11(17-19)9(2)3)14-16-13(18-20-14)7-10(4)15-5/h8-10,15H,6-7H2,1-5H3. The minimum atomic E-state index is 0.322. The molecule has 1 unspecified atom stereocenters. The lowest BCUT2D eigenvalue weighted by molar-refractivity contribution is 0.414. The molecule has 0 saturated carbocycles. The van der Waals surface area contributed by atoms with E-state index >= 15 is 0 Å². The van der Waals surface area contributed by atoms with Crippen LogP contribution in [0, 0.1) is 0 Å². The number of hydrogen-bond acceptors (Lipinski definition) is 5. The Hall–Kier alpha value is -1.69. The highest BCUT2D eigenvalue weighted by atomic mass is 16.5. The molecule has 0 aromatic carbocycles. The summed E-state index contributed by atoms with van der Waals surface area (Å²) in [7, 11) is 1.92. The Morgan fingerprint density at radius 3 is 2.70 bits per heavy atom. The number of nitrogens with one attached hydrogen (secondary N) is 1. The number of hydrogen-bond donors (Lipinski definition) is 1. The summed E-state index contributed by atoms with van der Waals surface area (Å²) in [5, 5.41) is 11.8. The third-order valence-electron chi connectivity index (χ3n) is 3.36. The SMILES string of the molecule is CCn1nc(C(C)C)cc1-c1nc(CC(C)NC)no1. The van der Waals surface area contributed by atoms with Crippen molar-refractivity contribution in [2.75, 3.05) is 7.05 Å². The van der Waals surface area contributed by atoms with E-state index in [1.807, 2.05) is 17.8 Å². The molecule has 0 radical (unpaired) electrons. The third-order valence-corrected chi connectivity index (χ3v) is 3.36. The molecule has 0 aliphatic heterocycles. The van der Waals surface area contributed by atoms with E-state index in [2.05, 4.69) is 48.3 Å². The van der Waals surface area contributed by atoms with Crippen molar-refractivity contribution in [2.45, 2.75) is 52.6 Å². The van der Waals surface area contributed by atoms with Gasteiger partial charge in [-0.1, -0.05) is 19.0 Å². The normalized spacial score (nSPS) is 13.1. The lowest BCUT2D eigenvalue weighted by Gasteiger charge is -2.04. The van der Waals surface area contributed by atoms with Crippen LogP contribution in [-0.4, -0.2) is 33.0 Å². The number of aryl methyl sites for hydroxylation is 1. The summed E-state index contributed by atoms with van der Waals surface area (Å²) in [6.45, 7) is 9.18. The second-order valence-electron chi connectivity index (χ2n) is 5.33. The molecule has 0 fully saturated rings. The molecule has 0 aliphatic carbocycles. The van der Waals surface area contributed by atoms with Gasteiger partial charge in [0.05, 0.1) is 5.69 Å². The van der Waals surface area contributed by atoms with Crippen LogP contribution in [-0.2, 0) is 13.0 Å². The monoisotopic (exact) mass is 277 g/mol. The fourth-order valence-electron chi connectivity index (χ4n) is 1.95. The van der Waals surface area contributed by atoms with Gasteiger partial charge in [0.25, 0.3) is 5.89 Å². The van der Waals surface area contributed by atoms with Crippen LogP contribution in [0.3, 0.4) is 0 Å². The van der Waals surface area contributed by atoms with E-state index in [0.717, 1.165) is 30.2 Å². The van der Waals surface area contributed by atoms with Crippen molar-refractivity contribution in [1.82, 2.24) is 25.2 Å². The topological polar surface area (TPSA) is 68.8 Å². The Bertz CT molecular complexity index is 558. The van der Waals surface area contributed by atoms with Gasteiger partial charge in [0, 0.05) is 19.0 Å². The van der Waals surface area contributed by atoms with Crippen molar-refractivity contribution >= 4 is 0 Å². The maximum absolute atomic E-state index is 5.38. The molecule has 1 N–H and O–H groups in total. The minimum Gasteiger partial charge on any atom is -0.332 e. The molecule has 6 nitrogen and oxygen atoms in total.